The summed E-state index contributed by atoms with van der Waals surface area (Å²) in [5.74, 6) is -1.67. The van der Waals surface area contributed by atoms with Crippen LogP contribution < -0.4 is 5.32 Å². The van der Waals surface area contributed by atoms with E-state index >= 15 is 0 Å². The molecule has 0 radical (unpaired) electrons. The van der Waals surface area contributed by atoms with Crippen LogP contribution in [0.2, 0.25) is 0 Å². The summed E-state index contributed by atoms with van der Waals surface area (Å²) in [7, 11) is 0. The third-order valence-electron chi connectivity index (χ3n) is 4.54. The van der Waals surface area contributed by atoms with E-state index in [0.29, 0.717) is 4.68 Å². The first-order valence-corrected chi connectivity index (χ1v) is 10.1. The van der Waals surface area contributed by atoms with Crippen LogP contribution in [0.3, 0.4) is 0 Å². The number of halogens is 5. The zero-order valence-corrected chi connectivity index (χ0v) is 18.3. The molecule has 14 heteroatoms. The predicted octanol–water partition coefficient (Wildman–Crippen LogP) is 4.63. The van der Waals surface area contributed by atoms with Crippen molar-refractivity contribution < 1.29 is 22.4 Å². The highest BCUT2D eigenvalue weighted by atomic mass is 79.9. The molecular weight excluding hydrogens is 524 g/mol. The van der Waals surface area contributed by atoms with Crippen molar-refractivity contribution in [1.29, 1.82) is 0 Å². The van der Waals surface area contributed by atoms with Gasteiger partial charge in [-0.05, 0) is 33.6 Å². The summed E-state index contributed by atoms with van der Waals surface area (Å²) in [5, 5.41) is 13.7. The second-order valence-corrected chi connectivity index (χ2v) is 7.52. The molecule has 1 amide bonds. The number of carbonyl (C=O) groups is 1. The molecule has 4 aromatic rings. The molecule has 0 spiro atoms. The van der Waals surface area contributed by atoms with E-state index in [2.05, 4.69) is 46.4 Å². The van der Waals surface area contributed by atoms with Gasteiger partial charge < -0.3 is 5.32 Å². The van der Waals surface area contributed by atoms with E-state index in [4.69, 9.17) is 6.57 Å². The van der Waals surface area contributed by atoms with E-state index < -0.39 is 35.7 Å². The van der Waals surface area contributed by atoms with Crippen molar-refractivity contribution in [3.63, 3.8) is 0 Å². The molecule has 1 N–H and O–H groups in total. The van der Waals surface area contributed by atoms with Gasteiger partial charge in [0.25, 0.3) is 5.91 Å². The molecule has 0 aliphatic rings. The lowest BCUT2D eigenvalue weighted by molar-refractivity contribution is -0.144. The summed E-state index contributed by atoms with van der Waals surface area (Å²) in [6.45, 7) is 6.86. The van der Waals surface area contributed by atoms with Gasteiger partial charge >= 0.3 is 6.18 Å². The van der Waals surface area contributed by atoms with Gasteiger partial charge in [-0.1, -0.05) is 12.1 Å². The van der Waals surface area contributed by atoms with E-state index in [1.807, 2.05) is 0 Å². The maximum Gasteiger partial charge on any atom is 0.433 e. The van der Waals surface area contributed by atoms with Crippen molar-refractivity contribution >= 4 is 33.2 Å². The third-order valence-corrected chi connectivity index (χ3v) is 5.43. The largest absolute Gasteiger partial charge is 0.433 e. The Morgan fingerprint density at radius 2 is 1.91 bits per heavy atom. The predicted molar refractivity (Wildman–Crippen MR) is 114 cm³/mol. The minimum atomic E-state index is -4.93. The number of nitrogens with zero attached hydrogens (tertiary/aromatic N) is 7. The zero-order chi connectivity index (χ0) is 24.5. The van der Waals surface area contributed by atoms with Crippen LogP contribution in [-0.4, -0.2) is 35.7 Å². The molecule has 4 rings (SSSR count). The molecule has 3 aromatic heterocycles. The number of anilines is 1. The van der Waals surface area contributed by atoms with Crippen molar-refractivity contribution in [1.82, 2.24) is 29.8 Å². The molecule has 9 nitrogen and oxygen atoms in total. The van der Waals surface area contributed by atoms with Crippen molar-refractivity contribution in [2.75, 3.05) is 5.32 Å². The normalized spacial score (nSPS) is 11.3. The van der Waals surface area contributed by atoms with Crippen LogP contribution in [0.1, 0.15) is 21.6 Å². The van der Waals surface area contributed by atoms with Crippen LogP contribution in [0.25, 0.3) is 10.7 Å². The highest BCUT2D eigenvalue weighted by Crippen LogP contribution is 2.34. The number of benzene rings is 1. The molecule has 1 aromatic carbocycles. The lowest BCUT2D eigenvalue weighted by Gasteiger charge is -2.14. The molecule has 0 atom stereocenters. The first-order chi connectivity index (χ1) is 16.2. The summed E-state index contributed by atoms with van der Waals surface area (Å²) in [6, 6.07) is 5.17. The van der Waals surface area contributed by atoms with E-state index in [9.17, 15) is 22.4 Å². The Hall–Kier alpha value is -4.12. The van der Waals surface area contributed by atoms with E-state index in [1.165, 1.54) is 30.6 Å². The van der Waals surface area contributed by atoms with Crippen molar-refractivity contribution in [2.45, 2.75) is 12.7 Å². The molecule has 0 saturated carbocycles. The van der Waals surface area contributed by atoms with Crippen molar-refractivity contribution in [3.8, 4) is 5.82 Å². The summed E-state index contributed by atoms with van der Waals surface area (Å²) in [5.41, 5.74) is -1.90. The molecule has 172 valence electrons. The highest BCUT2D eigenvalue weighted by Gasteiger charge is 2.40. The maximum atomic E-state index is 13.9. The van der Waals surface area contributed by atoms with Crippen molar-refractivity contribution in [3.05, 3.63) is 87.6 Å². The number of alkyl halides is 3. The molecule has 34 heavy (non-hydrogen) atoms. The summed E-state index contributed by atoms with van der Waals surface area (Å²) in [4.78, 5) is 21.1. The topological polar surface area (TPSA) is 94.9 Å². The first-order valence-electron chi connectivity index (χ1n) is 9.30. The van der Waals surface area contributed by atoms with E-state index in [1.54, 1.807) is 0 Å². The lowest BCUT2D eigenvalue weighted by atomic mass is 10.2. The number of pyridine rings is 1. The Kier molecular flexibility index (Phi) is 6.12. The fourth-order valence-corrected chi connectivity index (χ4v) is 3.47. The average Bonchev–Trinajstić information content (AvgIpc) is 3.47. The van der Waals surface area contributed by atoms with Gasteiger partial charge in [0.15, 0.2) is 11.5 Å². The van der Waals surface area contributed by atoms with Gasteiger partial charge in [-0.2, -0.15) is 28.5 Å². The zero-order valence-electron chi connectivity index (χ0n) is 16.8. The number of hydrogen-bond acceptors (Lipinski definition) is 5. The molecule has 0 aliphatic heterocycles. The van der Waals surface area contributed by atoms with Gasteiger partial charge in [0.1, 0.15) is 5.82 Å². The van der Waals surface area contributed by atoms with Crippen LogP contribution in [0.5, 0.6) is 0 Å². The minimum Gasteiger partial charge on any atom is -0.322 e. The second kappa shape index (κ2) is 9.02. The first kappa shape index (κ1) is 23.1. The highest BCUT2D eigenvalue weighted by molar-refractivity contribution is 9.10. The van der Waals surface area contributed by atoms with Crippen LogP contribution in [0, 0.1) is 12.4 Å². The Balaban J connectivity index is 1.65. The number of nitrogens with one attached hydrogen (secondary N) is 1. The molecule has 0 fully saturated rings. The van der Waals surface area contributed by atoms with E-state index in [0.717, 1.165) is 23.3 Å². The van der Waals surface area contributed by atoms with Gasteiger partial charge in [0, 0.05) is 5.69 Å². The molecule has 0 aliphatic carbocycles. The summed E-state index contributed by atoms with van der Waals surface area (Å²) in [6.07, 6.45) is -0.241. The Bertz CT molecular complexity index is 1410. The van der Waals surface area contributed by atoms with Gasteiger partial charge in [-0.15, -0.1) is 4.80 Å². The van der Waals surface area contributed by atoms with Crippen LogP contribution >= 0.6 is 15.9 Å². The van der Waals surface area contributed by atoms with Crippen LogP contribution in [0.4, 0.5) is 28.9 Å². The molecule has 0 bridgehead atoms. The van der Waals surface area contributed by atoms with Crippen molar-refractivity contribution in [2.24, 2.45) is 0 Å². The Morgan fingerprint density at radius 3 is 2.59 bits per heavy atom. The summed E-state index contributed by atoms with van der Waals surface area (Å²) >= 11 is 3.01. The smallest absolute Gasteiger partial charge is 0.322 e. The molecule has 3 heterocycles. The standard InChI is InChI=1S/C20H11BrF4N8O/c1-26-15-7-12(8-27-18(15)33-28-5-6-29-33)31-19(34)13-9-30-32(17(13)20(23,24)25)10-11-3-2-4-14(22)16(11)21/h2-9H,10H2,(H,31,34). The monoisotopic (exact) mass is 534 g/mol. The fourth-order valence-electron chi connectivity index (χ4n) is 3.08. The van der Waals surface area contributed by atoms with Crippen LogP contribution in [0.15, 0.2) is 53.5 Å². The maximum absolute atomic E-state index is 13.9. The lowest BCUT2D eigenvalue weighted by Crippen LogP contribution is -2.22. The molecule has 0 unspecified atom stereocenters. The number of carbonyl (C=O) groups excluding carboxylic acids is 1. The third kappa shape index (κ3) is 4.50. The number of hydrogen-bond donors (Lipinski definition) is 1. The van der Waals surface area contributed by atoms with Gasteiger partial charge in [0.05, 0.1) is 47.9 Å². The Labute approximate surface area is 197 Å². The van der Waals surface area contributed by atoms with Gasteiger partial charge in [0.2, 0.25) is 5.69 Å². The average molecular weight is 535 g/mol. The number of aromatic nitrogens is 6. The molecular formula is C20H11BrF4N8O. The van der Waals surface area contributed by atoms with E-state index in [-0.39, 0.29) is 27.2 Å². The minimum absolute atomic E-state index is 0.00543. The fraction of sp³-hybridized carbons (Fsp3) is 0.100. The van der Waals surface area contributed by atoms with Gasteiger partial charge in [-0.25, -0.2) is 14.2 Å². The SMILES string of the molecule is [C-]#[N+]c1cc(NC(=O)c2cnn(Cc3cccc(F)c3Br)c2C(F)(F)F)cnc1-n1nccn1. The summed E-state index contributed by atoms with van der Waals surface area (Å²) < 4.78 is 55.9. The van der Waals surface area contributed by atoms with Crippen LogP contribution in [-0.2, 0) is 12.7 Å². The Morgan fingerprint density at radius 1 is 1.18 bits per heavy atom. The second-order valence-electron chi connectivity index (χ2n) is 6.73. The molecule has 0 saturated heterocycles. The number of amides is 1. The number of rotatable bonds is 5. The van der Waals surface area contributed by atoms with Gasteiger partial charge in [-0.3, -0.25) is 9.48 Å². The quantitative estimate of drug-likeness (QED) is 0.297.